The van der Waals surface area contributed by atoms with Crippen LogP contribution in [0, 0.1) is 6.92 Å². The first-order valence-electron chi connectivity index (χ1n) is 9.47. The van der Waals surface area contributed by atoms with Gasteiger partial charge in [0.25, 0.3) is 5.91 Å². The SMILES string of the molecule is Cc1nc(C(=O)N(C)CCc2ccncc2)cc(N2CCc3ccccc32)n1. The number of para-hydroxylation sites is 1. The Bertz CT molecular complexity index is 989. The number of aromatic nitrogens is 3. The summed E-state index contributed by atoms with van der Waals surface area (Å²) in [7, 11) is 1.81. The maximum absolute atomic E-state index is 12.9. The summed E-state index contributed by atoms with van der Waals surface area (Å²) in [6.45, 7) is 3.31. The molecular weight excluding hydrogens is 350 g/mol. The Morgan fingerprint density at radius 2 is 1.93 bits per heavy atom. The fourth-order valence-corrected chi connectivity index (χ4v) is 3.52. The van der Waals surface area contributed by atoms with Gasteiger partial charge in [-0.15, -0.1) is 0 Å². The molecule has 0 spiro atoms. The molecule has 6 heteroatoms. The third kappa shape index (κ3) is 3.71. The summed E-state index contributed by atoms with van der Waals surface area (Å²) in [5, 5.41) is 0. The van der Waals surface area contributed by atoms with Gasteiger partial charge in [0.2, 0.25) is 0 Å². The van der Waals surface area contributed by atoms with E-state index < -0.39 is 0 Å². The predicted octanol–water partition coefficient (Wildman–Crippen LogP) is 3.19. The van der Waals surface area contributed by atoms with Crippen LogP contribution in [0.1, 0.15) is 27.4 Å². The number of nitrogens with zero attached hydrogens (tertiary/aromatic N) is 5. The average molecular weight is 373 g/mol. The van der Waals surface area contributed by atoms with E-state index in [1.165, 1.54) is 5.56 Å². The van der Waals surface area contributed by atoms with Gasteiger partial charge >= 0.3 is 0 Å². The summed E-state index contributed by atoms with van der Waals surface area (Å²) in [5.41, 5.74) is 4.05. The zero-order chi connectivity index (χ0) is 19.5. The van der Waals surface area contributed by atoms with Gasteiger partial charge in [-0.05, 0) is 49.1 Å². The van der Waals surface area contributed by atoms with Gasteiger partial charge in [-0.3, -0.25) is 9.78 Å². The van der Waals surface area contributed by atoms with Crippen molar-refractivity contribution in [3.63, 3.8) is 0 Å². The lowest BCUT2D eigenvalue weighted by Crippen LogP contribution is -2.30. The minimum Gasteiger partial charge on any atom is -0.340 e. The van der Waals surface area contributed by atoms with Crippen molar-refractivity contribution < 1.29 is 4.79 Å². The number of aryl methyl sites for hydroxylation is 1. The molecule has 3 heterocycles. The Balaban J connectivity index is 1.53. The van der Waals surface area contributed by atoms with Crippen LogP contribution in [0.3, 0.4) is 0 Å². The van der Waals surface area contributed by atoms with Gasteiger partial charge in [0.1, 0.15) is 17.3 Å². The molecule has 0 saturated carbocycles. The molecule has 28 heavy (non-hydrogen) atoms. The van der Waals surface area contributed by atoms with E-state index in [-0.39, 0.29) is 5.91 Å². The Kier molecular flexibility index (Phi) is 5.02. The molecule has 1 aliphatic rings. The monoisotopic (exact) mass is 373 g/mol. The third-order valence-corrected chi connectivity index (χ3v) is 5.04. The minimum absolute atomic E-state index is 0.0895. The molecule has 0 saturated heterocycles. The topological polar surface area (TPSA) is 62.2 Å². The molecule has 0 atom stereocenters. The van der Waals surface area contributed by atoms with Crippen molar-refractivity contribution >= 4 is 17.4 Å². The molecule has 0 unspecified atom stereocenters. The van der Waals surface area contributed by atoms with Crippen LogP contribution in [0.15, 0.2) is 54.9 Å². The number of hydrogen-bond acceptors (Lipinski definition) is 5. The zero-order valence-corrected chi connectivity index (χ0v) is 16.2. The molecule has 1 aromatic carbocycles. The molecule has 0 radical (unpaired) electrons. The Morgan fingerprint density at radius 3 is 2.75 bits per heavy atom. The first kappa shape index (κ1) is 18.1. The lowest BCUT2D eigenvalue weighted by Gasteiger charge is -2.21. The number of carbonyl (C=O) groups is 1. The molecular formula is C22H23N5O. The quantitative estimate of drug-likeness (QED) is 0.687. The molecule has 2 aromatic heterocycles. The molecule has 1 aliphatic heterocycles. The largest absolute Gasteiger partial charge is 0.340 e. The highest BCUT2D eigenvalue weighted by atomic mass is 16.2. The molecule has 0 N–H and O–H groups in total. The van der Waals surface area contributed by atoms with Crippen molar-refractivity contribution in [3.8, 4) is 0 Å². The molecule has 0 bridgehead atoms. The van der Waals surface area contributed by atoms with Gasteiger partial charge in [0.15, 0.2) is 0 Å². The van der Waals surface area contributed by atoms with Crippen LogP contribution in [0.2, 0.25) is 0 Å². The normalized spacial score (nSPS) is 12.7. The summed E-state index contributed by atoms with van der Waals surface area (Å²) >= 11 is 0. The van der Waals surface area contributed by atoms with Crippen molar-refractivity contribution in [2.24, 2.45) is 0 Å². The van der Waals surface area contributed by atoms with E-state index in [2.05, 4.69) is 38.1 Å². The second-order valence-corrected chi connectivity index (χ2v) is 7.02. The number of hydrogen-bond donors (Lipinski definition) is 0. The van der Waals surface area contributed by atoms with Gasteiger partial charge in [-0.2, -0.15) is 0 Å². The summed E-state index contributed by atoms with van der Waals surface area (Å²) in [6, 6.07) is 14.1. The van der Waals surface area contributed by atoms with Crippen molar-refractivity contribution in [1.29, 1.82) is 0 Å². The Morgan fingerprint density at radius 1 is 1.14 bits per heavy atom. The number of rotatable bonds is 5. The number of pyridine rings is 1. The van der Waals surface area contributed by atoms with Crippen LogP contribution in [0.4, 0.5) is 11.5 Å². The fraction of sp³-hybridized carbons (Fsp3) is 0.273. The summed E-state index contributed by atoms with van der Waals surface area (Å²) in [4.78, 5) is 29.8. The average Bonchev–Trinajstić information content (AvgIpc) is 3.16. The predicted molar refractivity (Wildman–Crippen MR) is 109 cm³/mol. The van der Waals surface area contributed by atoms with E-state index >= 15 is 0 Å². The summed E-state index contributed by atoms with van der Waals surface area (Å²) in [6.07, 6.45) is 5.30. The standard InChI is InChI=1S/C22H23N5O/c1-16-24-19(22(28)26(2)13-9-17-7-11-23-12-8-17)15-21(25-16)27-14-10-18-5-3-4-6-20(18)27/h3-8,11-12,15H,9-10,13-14H2,1-2H3. The molecule has 0 fully saturated rings. The minimum atomic E-state index is -0.0895. The maximum atomic E-state index is 12.9. The highest BCUT2D eigenvalue weighted by molar-refractivity contribution is 5.93. The number of fused-ring (bicyclic) bond motifs is 1. The van der Waals surface area contributed by atoms with Crippen LogP contribution >= 0.6 is 0 Å². The van der Waals surface area contributed by atoms with Crippen LogP contribution in [-0.2, 0) is 12.8 Å². The van der Waals surface area contributed by atoms with Gasteiger partial charge < -0.3 is 9.80 Å². The van der Waals surface area contributed by atoms with E-state index in [4.69, 9.17) is 0 Å². The van der Waals surface area contributed by atoms with E-state index in [0.29, 0.717) is 18.1 Å². The van der Waals surface area contributed by atoms with E-state index in [9.17, 15) is 4.79 Å². The van der Waals surface area contributed by atoms with Crippen molar-refractivity contribution in [2.45, 2.75) is 19.8 Å². The number of benzene rings is 1. The second kappa shape index (κ2) is 7.76. The van der Waals surface area contributed by atoms with E-state index in [0.717, 1.165) is 36.5 Å². The summed E-state index contributed by atoms with van der Waals surface area (Å²) < 4.78 is 0. The van der Waals surface area contributed by atoms with Crippen molar-refractivity contribution in [1.82, 2.24) is 19.9 Å². The van der Waals surface area contributed by atoms with Crippen LogP contribution < -0.4 is 4.90 Å². The number of carbonyl (C=O) groups excluding carboxylic acids is 1. The molecule has 6 nitrogen and oxygen atoms in total. The van der Waals surface area contributed by atoms with Crippen molar-refractivity contribution in [3.05, 3.63) is 77.5 Å². The number of anilines is 2. The number of amides is 1. The second-order valence-electron chi connectivity index (χ2n) is 7.02. The molecule has 4 rings (SSSR count). The molecule has 3 aromatic rings. The van der Waals surface area contributed by atoms with E-state index in [1.54, 1.807) is 23.4 Å². The Labute approximate surface area is 164 Å². The van der Waals surface area contributed by atoms with Gasteiger partial charge in [-0.1, -0.05) is 18.2 Å². The molecule has 0 aliphatic carbocycles. The lowest BCUT2D eigenvalue weighted by atomic mass is 10.2. The third-order valence-electron chi connectivity index (χ3n) is 5.04. The molecule has 1 amide bonds. The summed E-state index contributed by atoms with van der Waals surface area (Å²) in [5.74, 6) is 1.30. The van der Waals surface area contributed by atoms with Gasteiger partial charge in [-0.25, -0.2) is 9.97 Å². The van der Waals surface area contributed by atoms with Crippen LogP contribution in [0.5, 0.6) is 0 Å². The molecule has 142 valence electrons. The lowest BCUT2D eigenvalue weighted by molar-refractivity contribution is 0.0790. The first-order chi connectivity index (χ1) is 13.6. The highest BCUT2D eigenvalue weighted by Crippen LogP contribution is 2.33. The maximum Gasteiger partial charge on any atom is 0.272 e. The smallest absolute Gasteiger partial charge is 0.272 e. The fourth-order valence-electron chi connectivity index (χ4n) is 3.52. The Hall–Kier alpha value is -3.28. The van der Waals surface area contributed by atoms with E-state index in [1.807, 2.05) is 32.2 Å². The van der Waals surface area contributed by atoms with Gasteiger partial charge in [0.05, 0.1) is 0 Å². The first-order valence-corrected chi connectivity index (χ1v) is 9.47. The van der Waals surface area contributed by atoms with Crippen LogP contribution in [0.25, 0.3) is 0 Å². The highest BCUT2D eigenvalue weighted by Gasteiger charge is 2.23. The number of likely N-dealkylation sites (N-methyl/N-ethyl adjacent to an activating group) is 1. The van der Waals surface area contributed by atoms with Crippen LogP contribution in [-0.4, -0.2) is 45.9 Å². The zero-order valence-electron chi connectivity index (χ0n) is 16.2. The van der Waals surface area contributed by atoms with Crippen molar-refractivity contribution in [2.75, 3.05) is 25.0 Å². The van der Waals surface area contributed by atoms with Gasteiger partial charge in [0, 0.05) is 44.3 Å².